The van der Waals surface area contributed by atoms with E-state index in [0.717, 1.165) is 13.0 Å². The van der Waals surface area contributed by atoms with Crippen LogP contribution in [-0.2, 0) is 34.6 Å². The fourth-order valence-corrected chi connectivity index (χ4v) is 9.54. The molecule has 0 fully saturated rings. The van der Waals surface area contributed by atoms with Crippen LogP contribution in [0.25, 0.3) is 50.1 Å². The third kappa shape index (κ3) is 5.43. The maximum Gasteiger partial charge on any atom is 0.218 e. The standard InChI is InChI=1S/C52H56N2/c1-49(2,3)35-18-16-33-24-38(54-23-21-37(51(7,8)9)28-47(54)42(33)26-35)25-34-31-53-22-20-36(50(4,5)6)27-46(53)44-30-45-43(29-41(34)44)40-19-17-32-14-12-13-15-39(32)48(40)52(45,10)11/h12-23,25-30,34H,24,31H2,1-11H3/q+2/b38-25+. The van der Waals surface area contributed by atoms with Crippen molar-refractivity contribution in [3.8, 4) is 33.6 Å². The summed E-state index contributed by atoms with van der Waals surface area (Å²) in [6.07, 6.45) is 8.22. The Kier molecular flexibility index (Phi) is 7.50. The van der Waals surface area contributed by atoms with Gasteiger partial charge in [-0.3, -0.25) is 0 Å². The van der Waals surface area contributed by atoms with Gasteiger partial charge in [-0.1, -0.05) is 125 Å². The largest absolute Gasteiger partial charge is 0.218 e. The Morgan fingerprint density at radius 1 is 0.611 bits per heavy atom. The van der Waals surface area contributed by atoms with Crippen LogP contribution >= 0.6 is 0 Å². The number of fused-ring (bicyclic) bond motifs is 11. The minimum Gasteiger partial charge on any atom is -0.197 e. The molecule has 4 aromatic carbocycles. The lowest BCUT2D eigenvalue weighted by Gasteiger charge is -2.28. The van der Waals surface area contributed by atoms with Crippen molar-refractivity contribution < 1.29 is 9.13 Å². The van der Waals surface area contributed by atoms with Crippen LogP contribution in [0, 0.1) is 0 Å². The SMILES string of the molecule is CC(C)(C)c1ccc2c(c1)-c1cc(C(C)(C)C)cc[n+]1/C(=C/C1C[n+]3ccc(C(C)(C)C)cc3-c3cc4c(cc31)-c1ccc3ccccc3c1C4(C)C)C2. The molecule has 4 heterocycles. The molecule has 2 nitrogen and oxygen atoms in total. The second-order valence-corrected chi connectivity index (χ2v) is 20.0. The van der Waals surface area contributed by atoms with Crippen LogP contribution in [0.1, 0.15) is 121 Å². The summed E-state index contributed by atoms with van der Waals surface area (Å²) >= 11 is 0. The van der Waals surface area contributed by atoms with Crippen LogP contribution in [-0.4, -0.2) is 0 Å². The van der Waals surface area contributed by atoms with E-state index in [1.54, 1.807) is 0 Å². The van der Waals surface area contributed by atoms with Gasteiger partial charge < -0.3 is 0 Å². The predicted molar refractivity (Wildman–Crippen MR) is 226 cm³/mol. The molecule has 0 N–H and O–H groups in total. The van der Waals surface area contributed by atoms with Crippen LogP contribution in [0.4, 0.5) is 0 Å². The van der Waals surface area contributed by atoms with Crippen LogP contribution < -0.4 is 9.13 Å². The Labute approximate surface area is 323 Å². The van der Waals surface area contributed by atoms with Crippen molar-refractivity contribution >= 4 is 16.5 Å². The van der Waals surface area contributed by atoms with Gasteiger partial charge in [0.25, 0.3) is 0 Å². The molecular formula is C52H56N2+2. The lowest BCUT2D eigenvalue weighted by atomic mass is 9.77. The summed E-state index contributed by atoms with van der Waals surface area (Å²) in [6, 6.07) is 35.7. The van der Waals surface area contributed by atoms with Crippen LogP contribution in [0.5, 0.6) is 0 Å². The monoisotopic (exact) mass is 708 g/mol. The number of allylic oxidation sites excluding steroid dienone is 2. The Balaban J connectivity index is 1.26. The van der Waals surface area contributed by atoms with Crippen molar-refractivity contribution in [2.75, 3.05) is 0 Å². The van der Waals surface area contributed by atoms with Crippen molar-refractivity contribution in [2.24, 2.45) is 0 Å². The Hall–Kier alpha value is -4.82. The van der Waals surface area contributed by atoms with Crippen molar-refractivity contribution in [1.82, 2.24) is 0 Å². The Bertz CT molecular complexity index is 2570. The first-order valence-electron chi connectivity index (χ1n) is 20.1. The van der Waals surface area contributed by atoms with Gasteiger partial charge in [0, 0.05) is 29.7 Å². The van der Waals surface area contributed by atoms with Gasteiger partial charge in [-0.05, 0) is 101 Å². The summed E-state index contributed by atoms with van der Waals surface area (Å²) in [5, 5.41) is 2.69. The Morgan fingerprint density at radius 2 is 1.28 bits per heavy atom. The average Bonchev–Trinajstić information content (AvgIpc) is 3.34. The second kappa shape index (κ2) is 11.6. The van der Waals surface area contributed by atoms with E-state index in [1.807, 2.05) is 0 Å². The molecular weight excluding hydrogens is 653 g/mol. The fraction of sp³-hybridized carbons (Fsp3) is 0.346. The molecule has 2 aromatic heterocycles. The van der Waals surface area contributed by atoms with E-state index in [4.69, 9.17) is 0 Å². The lowest BCUT2D eigenvalue weighted by molar-refractivity contribution is -0.689. The minimum absolute atomic E-state index is 0.0586. The van der Waals surface area contributed by atoms with E-state index >= 15 is 0 Å². The predicted octanol–water partition coefficient (Wildman–Crippen LogP) is 12.1. The van der Waals surface area contributed by atoms with Gasteiger partial charge in [0.15, 0.2) is 24.6 Å². The summed E-state index contributed by atoms with van der Waals surface area (Å²) < 4.78 is 5.03. The minimum atomic E-state index is -0.114. The molecule has 0 saturated heterocycles. The molecule has 54 heavy (non-hydrogen) atoms. The summed E-state index contributed by atoms with van der Waals surface area (Å²) in [4.78, 5) is 0. The third-order valence-corrected chi connectivity index (χ3v) is 12.8. The zero-order valence-electron chi connectivity index (χ0n) is 34.3. The molecule has 1 aliphatic carbocycles. The van der Waals surface area contributed by atoms with Gasteiger partial charge >= 0.3 is 0 Å². The van der Waals surface area contributed by atoms with Gasteiger partial charge in [0.1, 0.15) is 0 Å². The highest BCUT2D eigenvalue weighted by Gasteiger charge is 2.42. The van der Waals surface area contributed by atoms with E-state index in [-0.39, 0.29) is 27.6 Å². The van der Waals surface area contributed by atoms with E-state index in [1.165, 1.54) is 89.1 Å². The number of aromatic nitrogens is 2. The number of hydrogen-bond acceptors (Lipinski definition) is 0. The summed E-state index contributed by atoms with van der Waals surface area (Å²) in [6.45, 7) is 26.7. The van der Waals surface area contributed by atoms with Crippen LogP contribution in [0.2, 0.25) is 0 Å². The van der Waals surface area contributed by atoms with Crippen molar-refractivity contribution in [3.63, 3.8) is 0 Å². The highest BCUT2D eigenvalue weighted by Crippen LogP contribution is 2.54. The summed E-state index contributed by atoms with van der Waals surface area (Å²) in [5.41, 5.74) is 19.5. The van der Waals surface area contributed by atoms with Gasteiger partial charge in [0.2, 0.25) is 11.4 Å². The summed E-state index contributed by atoms with van der Waals surface area (Å²) in [7, 11) is 0. The van der Waals surface area contributed by atoms with E-state index in [0.29, 0.717) is 0 Å². The molecule has 0 amide bonds. The van der Waals surface area contributed by atoms with E-state index < -0.39 is 0 Å². The maximum absolute atomic E-state index is 2.61. The smallest absolute Gasteiger partial charge is 0.197 e. The number of benzene rings is 4. The van der Waals surface area contributed by atoms with Crippen molar-refractivity contribution in [1.29, 1.82) is 0 Å². The molecule has 272 valence electrons. The van der Waals surface area contributed by atoms with E-state index in [9.17, 15) is 0 Å². The highest BCUT2D eigenvalue weighted by atomic mass is 15.0. The fourth-order valence-electron chi connectivity index (χ4n) is 9.54. The summed E-state index contributed by atoms with van der Waals surface area (Å²) in [5.74, 6) is 0.212. The number of nitrogens with zero attached hydrogens (tertiary/aromatic N) is 2. The topological polar surface area (TPSA) is 7.76 Å². The molecule has 3 aliphatic rings. The third-order valence-electron chi connectivity index (χ3n) is 12.8. The molecule has 0 saturated carbocycles. The molecule has 9 rings (SSSR count). The van der Waals surface area contributed by atoms with Crippen LogP contribution in [0.15, 0.2) is 109 Å². The highest BCUT2D eigenvalue weighted by molar-refractivity contribution is 5.98. The maximum atomic E-state index is 2.61. The van der Waals surface area contributed by atoms with Gasteiger partial charge in [0.05, 0.1) is 23.5 Å². The normalized spacial score (nSPS) is 17.8. The molecule has 0 spiro atoms. The molecule has 1 atom stereocenters. The molecule has 1 unspecified atom stereocenters. The van der Waals surface area contributed by atoms with Gasteiger partial charge in [-0.15, -0.1) is 0 Å². The molecule has 0 bridgehead atoms. The average molecular weight is 709 g/mol. The Morgan fingerprint density at radius 3 is 2.00 bits per heavy atom. The number of pyridine rings is 2. The molecule has 2 heteroatoms. The first-order chi connectivity index (χ1) is 25.4. The first-order valence-corrected chi connectivity index (χ1v) is 20.1. The molecule has 6 aromatic rings. The number of rotatable bonds is 1. The quantitative estimate of drug-likeness (QED) is 0.150. The number of hydrogen-bond donors (Lipinski definition) is 0. The lowest BCUT2D eigenvalue weighted by Crippen LogP contribution is -2.44. The second-order valence-electron chi connectivity index (χ2n) is 20.0. The van der Waals surface area contributed by atoms with Crippen molar-refractivity contribution in [2.45, 2.75) is 117 Å². The van der Waals surface area contributed by atoms with Gasteiger partial charge in [-0.25, -0.2) is 0 Å². The van der Waals surface area contributed by atoms with Crippen molar-refractivity contribution in [3.05, 3.63) is 148 Å². The zero-order chi connectivity index (χ0) is 38.1. The molecule has 2 aliphatic heterocycles. The first kappa shape index (κ1) is 34.9. The zero-order valence-corrected chi connectivity index (χ0v) is 34.3. The van der Waals surface area contributed by atoms with Gasteiger partial charge in [-0.2, -0.15) is 9.13 Å². The molecule has 0 radical (unpaired) electrons. The van der Waals surface area contributed by atoms with Crippen LogP contribution in [0.3, 0.4) is 0 Å². The van der Waals surface area contributed by atoms with E-state index in [2.05, 4.69) is 195 Å².